The van der Waals surface area contributed by atoms with Gasteiger partial charge in [-0.2, -0.15) is 0 Å². The van der Waals surface area contributed by atoms with Crippen molar-refractivity contribution in [3.8, 4) is 0 Å². The average Bonchev–Trinajstić information content (AvgIpc) is 2.36. The Morgan fingerprint density at radius 2 is 1.94 bits per heavy atom. The van der Waals surface area contributed by atoms with Crippen LogP contribution in [0.3, 0.4) is 0 Å². The lowest BCUT2D eigenvalue weighted by atomic mass is 9.94. The van der Waals surface area contributed by atoms with Crippen LogP contribution in [0.15, 0.2) is 0 Å². The number of piperidine rings is 1. The third-order valence-corrected chi connectivity index (χ3v) is 4.09. The molecule has 0 saturated carbocycles. The lowest BCUT2D eigenvalue weighted by molar-refractivity contribution is -0.135. The van der Waals surface area contributed by atoms with Crippen LogP contribution < -0.4 is 5.73 Å². The number of nitrogens with zero attached hydrogens (tertiary/aromatic N) is 2. The summed E-state index contributed by atoms with van der Waals surface area (Å²) in [6, 6.07) is -0.319. The van der Waals surface area contributed by atoms with Gasteiger partial charge in [0.1, 0.15) is 0 Å². The number of carbonyl (C=O) groups is 1. The van der Waals surface area contributed by atoms with Crippen molar-refractivity contribution >= 4 is 5.91 Å². The van der Waals surface area contributed by atoms with Gasteiger partial charge >= 0.3 is 0 Å². The van der Waals surface area contributed by atoms with E-state index in [1.807, 2.05) is 4.90 Å². The molecule has 1 unspecified atom stereocenters. The minimum absolute atomic E-state index is 0.146. The zero-order valence-corrected chi connectivity index (χ0v) is 12.4. The molecule has 2 atom stereocenters. The van der Waals surface area contributed by atoms with Crippen molar-refractivity contribution in [2.45, 2.75) is 39.2 Å². The Morgan fingerprint density at radius 3 is 2.39 bits per heavy atom. The van der Waals surface area contributed by atoms with E-state index in [1.54, 1.807) is 0 Å². The third-order valence-electron chi connectivity index (χ3n) is 4.09. The van der Waals surface area contributed by atoms with E-state index in [0.717, 1.165) is 44.8 Å². The largest absolute Gasteiger partial charge is 0.341 e. The summed E-state index contributed by atoms with van der Waals surface area (Å²) in [5.41, 5.74) is 6.02. The van der Waals surface area contributed by atoms with Gasteiger partial charge in [-0.3, -0.25) is 4.79 Å². The second-order valence-electron chi connectivity index (χ2n) is 5.94. The van der Waals surface area contributed by atoms with E-state index in [1.165, 1.54) is 0 Å². The van der Waals surface area contributed by atoms with Gasteiger partial charge in [0.05, 0.1) is 6.04 Å². The Hall–Kier alpha value is -0.610. The molecule has 106 valence electrons. The topological polar surface area (TPSA) is 49.6 Å². The number of amides is 1. The van der Waals surface area contributed by atoms with Crippen molar-refractivity contribution in [3.63, 3.8) is 0 Å². The second-order valence-corrected chi connectivity index (χ2v) is 5.94. The van der Waals surface area contributed by atoms with Gasteiger partial charge < -0.3 is 15.5 Å². The molecule has 2 N–H and O–H groups in total. The molecule has 1 amide bonds. The van der Waals surface area contributed by atoms with Gasteiger partial charge in [0.2, 0.25) is 5.91 Å². The normalized spacial score (nSPS) is 21.1. The third kappa shape index (κ3) is 4.25. The van der Waals surface area contributed by atoms with Crippen LogP contribution in [-0.2, 0) is 4.79 Å². The quantitative estimate of drug-likeness (QED) is 0.802. The highest BCUT2D eigenvalue weighted by Crippen LogP contribution is 2.19. The van der Waals surface area contributed by atoms with E-state index in [2.05, 4.69) is 32.8 Å². The Labute approximate surface area is 111 Å². The molecule has 1 aliphatic rings. The molecule has 1 rings (SSSR count). The van der Waals surface area contributed by atoms with Gasteiger partial charge in [0, 0.05) is 19.6 Å². The highest BCUT2D eigenvalue weighted by Gasteiger charge is 2.28. The first-order valence-electron chi connectivity index (χ1n) is 7.14. The highest BCUT2D eigenvalue weighted by atomic mass is 16.2. The van der Waals surface area contributed by atoms with Crippen molar-refractivity contribution in [1.29, 1.82) is 0 Å². The molecule has 1 fully saturated rings. The SMILES string of the molecule is CCC(C)[C@H](N)C(=O)N1CCC(CN(C)C)CC1. The Balaban J connectivity index is 2.40. The van der Waals surface area contributed by atoms with Crippen LogP contribution in [0, 0.1) is 11.8 Å². The van der Waals surface area contributed by atoms with Gasteiger partial charge in [-0.15, -0.1) is 0 Å². The molecule has 4 heteroatoms. The van der Waals surface area contributed by atoms with E-state index in [0.29, 0.717) is 0 Å². The van der Waals surface area contributed by atoms with Crippen molar-refractivity contribution in [2.75, 3.05) is 33.7 Å². The monoisotopic (exact) mass is 255 g/mol. The molecule has 18 heavy (non-hydrogen) atoms. The summed E-state index contributed by atoms with van der Waals surface area (Å²) in [7, 11) is 4.22. The Morgan fingerprint density at radius 1 is 1.39 bits per heavy atom. The molecule has 0 aromatic heterocycles. The van der Waals surface area contributed by atoms with Crippen LogP contribution in [0.5, 0.6) is 0 Å². The summed E-state index contributed by atoms with van der Waals surface area (Å²) in [6.07, 6.45) is 3.18. The first kappa shape index (κ1) is 15.4. The van der Waals surface area contributed by atoms with Crippen LogP contribution in [0.4, 0.5) is 0 Å². The molecule has 0 spiro atoms. The molecule has 0 radical (unpaired) electrons. The number of likely N-dealkylation sites (tertiary alicyclic amines) is 1. The van der Waals surface area contributed by atoms with E-state index in [-0.39, 0.29) is 17.9 Å². The molecular weight excluding hydrogens is 226 g/mol. The van der Waals surface area contributed by atoms with Crippen molar-refractivity contribution in [3.05, 3.63) is 0 Å². The van der Waals surface area contributed by atoms with Crippen molar-refractivity contribution in [2.24, 2.45) is 17.6 Å². The van der Waals surface area contributed by atoms with Gasteiger partial charge in [0.25, 0.3) is 0 Å². The second kappa shape index (κ2) is 7.10. The fraction of sp³-hybridized carbons (Fsp3) is 0.929. The lowest BCUT2D eigenvalue weighted by Crippen LogP contribution is -2.50. The number of carbonyl (C=O) groups excluding carboxylic acids is 1. The highest BCUT2D eigenvalue weighted by molar-refractivity contribution is 5.82. The number of hydrogen-bond acceptors (Lipinski definition) is 3. The fourth-order valence-electron chi connectivity index (χ4n) is 2.56. The Bertz CT molecular complexity index is 260. The number of nitrogens with two attached hydrogens (primary N) is 1. The van der Waals surface area contributed by atoms with Crippen LogP contribution in [0.25, 0.3) is 0 Å². The van der Waals surface area contributed by atoms with Gasteiger partial charge in [-0.25, -0.2) is 0 Å². The Kier molecular flexibility index (Phi) is 6.09. The van der Waals surface area contributed by atoms with Crippen LogP contribution in [-0.4, -0.2) is 55.5 Å². The summed E-state index contributed by atoms with van der Waals surface area (Å²) < 4.78 is 0. The van der Waals surface area contributed by atoms with E-state index >= 15 is 0 Å². The molecular formula is C14H29N3O. The summed E-state index contributed by atoms with van der Waals surface area (Å²) >= 11 is 0. The fourth-order valence-corrected chi connectivity index (χ4v) is 2.56. The summed E-state index contributed by atoms with van der Waals surface area (Å²) in [6.45, 7) is 7.02. The standard InChI is InChI=1S/C14H29N3O/c1-5-11(2)13(15)14(18)17-8-6-12(7-9-17)10-16(3)4/h11-13H,5-10,15H2,1-4H3/t11?,13-/m0/s1. The molecule has 4 nitrogen and oxygen atoms in total. The summed E-state index contributed by atoms with van der Waals surface area (Å²) in [5, 5.41) is 0. The molecule has 0 bridgehead atoms. The molecule has 0 aromatic rings. The molecule has 1 heterocycles. The minimum Gasteiger partial charge on any atom is -0.341 e. The number of hydrogen-bond donors (Lipinski definition) is 1. The first-order valence-corrected chi connectivity index (χ1v) is 7.14. The van der Waals surface area contributed by atoms with Crippen molar-refractivity contribution < 1.29 is 4.79 Å². The van der Waals surface area contributed by atoms with Crippen LogP contribution >= 0.6 is 0 Å². The maximum absolute atomic E-state index is 12.2. The van der Waals surface area contributed by atoms with Gasteiger partial charge in [-0.1, -0.05) is 20.3 Å². The maximum Gasteiger partial charge on any atom is 0.239 e. The average molecular weight is 255 g/mol. The van der Waals surface area contributed by atoms with E-state index in [4.69, 9.17) is 5.73 Å². The van der Waals surface area contributed by atoms with Crippen molar-refractivity contribution in [1.82, 2.24) is 9.80 Å². The zero-order valence-electron chi connectivity index (χ0n) is 12.4. The van der Waals surface area contributed by atoms with E-state index < -0.39 is 0 Å². The molecule has 1 saturated heterocycles. The van der Waals surface area contributed by atoms with Crippen LogP contribution in [0.2, 0.25) is 0 Å². The maximum atomic E-state index is 12.2. The smallest absolute Gasteiger partial charge is 0.239 e. The summed E-state index contributed by atoms with van der Waals surface area (Å²) in [4.78, 5) is 16.4. The predicted molar refractivity (Wildman–Crippen MR) is 75.3 cm³/mol. The van der Waals surface area contributed by atoms with E-state index in [9.17, 15) is 4.79 Å². The molecule has 1 aliphatic heterocycles. The molecule has 0 aromatic carbocycles. The zero-order chi connectivity index (χ0) is 13.7. The predicted octanol–water partition coefficient (Wildman–Crippen LogP) is 1.16. The van der Waals surface area contributed by atoms with Crippen LogP contribution in [0.1, 0.15) is 33.1 Å². The number of rotatable bonds is 5. The lowest BCUT2D eigenvalue weighted by Gasteiger charge is -2.35. The summed E-state index contributed by atoms with van der Waals surface area (Å²) in [5.74, 6) is 1.15. The van der Waals surface area contributed by atoms with Gasteiger partial charge in [0.15, 0.2) is 0 Å². The first-order chi connectivity index (χ1) is 8.45. The van der Waals surface area contributed by atoms with Gasteiger partial charge in [-0.05, 0) is 38.8 Å². The minimum atomic E-state index is -0.319. The molecule has 0 aliphatic carbocycles.